The zero-order valence-electron chi connectivity index (χ0n) is 11.1. The largest absolute Gasteiger partial charge is 0.304 e. The van der Waals surface area contributed by atoms with Crippen LogP contribution in [0, 0.1) is 22.9 Å². The number of rotatable bonds is 5. The molecule has 1 aromatic heterocycles. The van der Waals surface area contributed by atoms with Crippen LogP contribution in [0.2, 0.25) is 0 Å². The maximum atomic E-state index is 13.2. The molecule has 2 rings (SSSR count). The maximum Gasteiger partial charge on any atom is 0.274 e. The Labute approximate surface area is 119 Å². The lowest BCUT2D eigenvalue weighted by atomic mass is 10.1. The van der Waals surface area contributed by atoms with Gasteiger partial charge in [0.25, 0.3) is 5.69 Å². The molecule has 1 atom stereocenters. The van der Waals surface area contributed by atoms with Crippen molar-refractivity contribution in [3.63, 3.8) is 0 Å². The third-order valence-electron chi connectivity index (χ3n) is 2.84. The van der Waals surface area contributed by atoms with Crippen LogP contribution in [-0.4, -0.2) is 9.91 Å². The van der Waals surface area contributed by atoms with Crippen molar-refractivity contribution in [1.82, 2.24) is 10.3 Å². The summed E-state index contributed by atoms with van der Waals surface area (Å²) in [7, 11) is 0. The molecule has 1 aromatic carbocycles. The average Bonchev–Trinajstić information content (AvgIpc) is 2.82. The van der Waals surface area contributed by atoms with Crippen LogP contribution in [0.5, 0.6) is 0 Å². The quantitative estimate of drug-likeness (QED) is 0.678. The highest BCUT2D eigenvalue weighted by molar-refractivity contribution is 7.09. The van der Waals surface area contributed by atoms with Crippen LogP contribution in [0.25, 0.3) is 0 Å². The molecule has 1 heterocycles. The Hall–Kier alpha value is -1.86. The summed E-state index contributed by atoms with van der Waals surface area (Å²) in [6.45, 7) is 4.04. The fraction of sp³-hybridized carbons (Fsp3) is 0.308. The standard InChI is InChI=1S/C13H14FN3O2S/c1-8-7-20-13(16-8)9(2)15-6-10-5-11(14)3-4-12(10)17(18)19/h3-5,7,9,15H,6H2,1-2H3. The van der Waals surface area contributed by atoms with E-state index in [-0.39, 0.29) is 18.3 Å². The van der Waals surface area contributed by atoms with E-state index in [1.165, 1.54) is 23.5 Å². The van der Waals surface area contributed by atoms with Gasteiger partial charge in [-0.3, -0.25) is 10.1 Å². The average molecular weight is 295 g/mol. The molecular weight excluding hydrogens is 281 g/mol. The second-order valence-electron chi connectivity index (χ2n) is 4.46. The van der Waals surface area contributed by atoms with Crippen molar-refractivity contribution >= 4 is 17.0 Å². The third kappa shape index (κ3) is 3.37. The Morgan fingerprint density at radius 2 is 2.30 bits per heavy atom. The number of hydrogen-bond acceptors (Lipinski definition) is 5. The molecule has 0 bridgehead atoms. The molecule has 0 fully saturated rings. The number of hydrogen-bond donors (Lipinski definition) is 1. The Balaban J connectivity index is 2.10. The summed E-state index contributed by atoms with van der Waals surface area (Å²) in [6.07, 6.45) is 0. The number of nitro groups is 1. The van der Waals surface area contributed by atoms with Crippen molar-refractivity contribution < 1.29 is 9.31 Å². The number of nitrogens with one attached hydrogen (secondary N) is 1. The predicted octanol–water partition coefficient (Wildman–Crippen LogP) is 3.35. The molecule has 5 nitrogen and oxygen atoms in total. The summed E-state index contributed by atoms with van der Waals surface area (Å²) in [6, 6.07) is 3.42. The first kappa shape index (κ1) is 14.5. The monoisotopic (exact) mass is 295 g/mol. The number of nitro benzene ring substituents is 1. The van der Waals surface area contributed by atoms with E-state index in [1.807, 2.05) is 19.2 Å². The zero-order chi connectivity index (χ0) is 14.7. The van der Waals surface area contributed by atoms with E-state index in [0.29, 0.717) is 5.56 Å². The van der Waals surface area contributed by atoms with Crippen LogP contribution in [-0.2, 0) is 6.54 Å². The summed E-state index contributed by atoms with van der Waals surface area (Å²) in [4.78, 5) is 14.7. The van der Waals surface area contributed by atoms with Crippen LogP contribution >= 0.6 is 11.3 Å². The minimum absolute atomic E-state index is 0.0448. The first-order valence-electron chi connectivity index (χ1n) is 6.05. The van der Waals surface area contributed by atoms with E-state index in [9.17, 15) is 14.5 Å². The van der Waals surface area contributed by atoms with Gasteiger partial charge in [0, 0.05) is 29.2 Å². The van der Waals surface area contributed by atoms with E-state index < -0.39 is 10.7 Å². The molecule has 0 aliphatic heterocycles. The van der Waals surface area contributed by atoms with Crippen LogP contribution in [0.15, 0.2) is 23.6 Å². The molecule has 7 heteroatoms. The molecule has 106 valence electrons. The van der Waals surface area contributed by atoms with Gasteiger partial charge < -0.3 is 5.32 Å². The van der Waals surface area contributed by atoms with Gasteiger partial charge in [-0.2, -0.15) is 0 Å². The Bertz CT molecular complexity index is 630. The molecule has 20 heavy (non-hydrogen) atoms. The lowest BCUT2D eigenvalue weighted by Gasteiger charge is -2.11. The summed E-state index contributed by atoms with van der Waals surface area (Å²) in [5.74, 6) is -0.481. The highest BCUT2D eigenvalue weighted by Crippen LogP contribution is 2.22. The predicted molar refractivity (Wildman–Crippen MR) is 75.2 cm³/mol. The van der Waals surface area contributed by atoms with Crippen molar-refractivity contribution in [2.75, 3.05) is 0 Å². The number of nitrogens with zero attached hydrogens (tertiary/aromatic N) is 2. The molecule has 0 amide bonds. The maximum absolute atomic E-state index is 13.2. The topological polar surface area (TPSA) is 68.1 Å². The van der Waals surface area contributed by atoms with Gasteiger partial charge in [0.05, 0.1) is 11.0 Å². The van der Waals surface area contributed by atoms with Gasteiger partial charge >= 0.3 is 0 Å². The van der Waals surface area contributed by atoms with E-state index in [2.05, 4.69) is 10.3 Å². The van der Waals surface area contributed by atoms with E-state index in [1.54, 1.807) is 0 Å². The molecule has 0 aliphatic carbocycles. The van der Waals surface area contributed by atoms with Gasteiger partial charge in [0.1, 0.15) is 10.8 Å². The fourth-order valence-corrected chi connectivity index (χ4v) is 2.62. The number of halogens is 1. The van der Waals surface area contributed by atoms with Gasteiger partial charge in [0.15, 0.2) is 0 Å². The minimum Gasteiger partial charge on any atom is -0.304 e. The molecule has 0 spiro atoms. The summed E-state index contributed by atoms with van der Waals surface area (Å²) < 4.78 is 13.2. The van der Waals surface area contributed by atoms with Crippen molar-refractivity contribution in [2.45, 2.75) is 26.4 Å². The molecule has 0 aliphatic rings. The second kappa shape index (κ2) is 6.06. The summed E-state index contributed by atoms with van der Waals surface area (Å²) >= 11 is 1.52. The molecule has 2 aromatic rings. The second-order valence-corrected chi connectivity index (χ2v) is 5.35. The molecule has 1 N–H and O–H groups in total. The van der Waals surface area contributed by atoms with Crippen LogP contribution in [0.4, 0.5) is 10.1 Å². The highest BCUT2D eigenvalue weighted by Gasteiger charge is 2.16. The summed E-state index contributed by atoms with van der Waals surface area (Å²) in [5, 5.41) is 16.9. The minimum atomic E-state index is -0.505. The van der Waals surface area contributed by atoms with Crippen LogP contribution in [0.1, 0.15) is 29.2 Å². The first-order chi connectivity index (χ1) is 9.47. The van der Waals surface area contributed by atoms with E-state index in [4.69, 9.17) is 0 Å². The molecule has 0 saturated carbocycles. The SMILES string of the molecule is Cc1csc(C(C)NCc2cc(F)ccc2[N+](=O)[O-])n1. The fourth-order valence-electron chi connectivity index (χ4n) is 1.80. The molecule has 0 saturated heterocycles. The van der Waals surface area contributed by atoms with Gasteiger partial charge in [-0.25, -0.2) is 9.37 Å². The third-order valence-corrected chi connectivity index (χ3v) is 3.99. The molecule has 1 unspecified atom stereocenters. The number of thiazole rings is 1. The molecule has 0 radical (unpaired) electrons. The number of benzene rings is 1. The van der Waals surface area contributed by atoms with Gasteiger partial charge in [0.2, 0.25) is 0 Å². The normalized spacial score (nSPS) is 12.3. The highest BCUT2D eigenvalue weighted by atomic mass is 32.1. The van der Waals surface area contributed by atoms with Crippen molar-refractivity contribution in [1.29, 1.82) is 0 Å². The summed E-state index contributed by atoms with van der Waals surface area (Å²) in [5.41, 5.74) is 1.19. The Morgan fingerprint density at radius 3 is 2.90 bits per heavy atom. The lowest BCUT2D eigenvalue weighted by molar-refractivity contribution is -0.385. The zero-order valence-corrected chi connectivity index (χ0v) is 11.9. The van der Waals surface area contributed by atoms with Crippen molar-refractivity contribution in [3.05, 3.63) is 55.8 Å². The Kier molecular flexibility index (Phi) is 4.41. The van der Waals surface area contributed by atoms with Gasteiger partial charge in [-0.1, -0.05) is 0 Å². The van der Waals surface area contributed by atoms with E-state index >= 15 is 0 Å². The first-order valence-corrected chi connectivity index (χ1v) is 6.93. The Morgan fingerprint density at radius 1 is 1.55 bits per heavy atom. The van der Waals surface area contributed by atoms with Crippen molar-refractivity contribution in [2.24, 2.45) is 0 Å². The lowest BCUT2D eigenvalue weighted by Crippen LogP contribution is -2.18. The van der Waals surface area contributed by atoms with Gasteiger partial charge in [-0.15, -0.1) is 11.3 Å². The number of aromatic nitrogens is 1. The van der Waals surface area contributed by atoms with Crippen LogP contribution in [0.3, 0.4) is 0 Å². The number of aryl methyl sites for hydroxylation is 1. The molecular formula is C13H14FN3O2S. The van der Waals surface area contributed by atoms with Crippen molar-refractivity contribution in [3.8, 4) is 0 Å². The van der Waals surface area contributed by atoms with Gasteiger partial charge in [-0.05, 0) is 26.0 Å². The van der Waals surface area contributed by atoms with E-state index in [0.717, 1.165) is 16.8 Å². The smallest absolute Gasteiger partial charge is 0.274 e. The van der Waals surface area contributed by atoms with Crippen LogP contribution < -0.4 is 5.32 Å².